The van der Waals surface area contributed by atoms with E-state index in [4.69, 9.17) is 4.99 Å². The van der Waals surface area contributed by atoms with E-state index in [2.05, 4.69) is 44.8 Å². The molecule has 0 aromatic carbocycles. The fourth-order valence-electron chi connectivity index (χ4n) is 3.40. The van der Waals surface area contributed by atoms with Gasteiger partial charge in [-0.25, -0.2) is 13.1 Å². The Morgan fingerprint density at radius 2 is 2.15 bits per heavy atom. The molecule has 2 heterocycles. The molecule has 1 fully saturated rings. The summed E-state index contributed by atoms with van der Waals surface area (Å²) >= 11 is 1.82. The Hall–Kier alpha value is -1.16. The minimum absolute atomic E-state index is 0.0977. The molecule has 0 spiro atoms. The van der Waals surface area contributed by atoms with Crippen molar-refractivity contribution in [1.29, 1.82) is 0 Å². The Labute approximate surface area is 167 Å². The summed E-state index contributed by atoms with van der Waals surface area (Å²) in [6.07, 6.45) is 2.37. The number of rotatable bonds is 9. The molecule has 2 atom stereocenters. The van der Waals surface area contributed by atoms with E-state index in [9.17, 15) is 8.42 Å². The van der Waals surface area contributed by atoms with Gasteiger partial charge in [-0.3, -0.25) is 9.89 Å². The number of hydrogen-bond acceptors (Lipinski definition) is 5. The molecule has 1 aromatic rings. The number of nitrogens with one attached hydrogen (secondary N) is 3. The lowest BCUT2D eigenvalue weighted by molar-refractivity contribution is 0.128. The molecule has 0 radical (unpaired) electrons. The van der Waals surface area contributed by atoms with Crippen molar-refractivity contribution >= 4 is 27.3 Å². The van der Waals surface area contributed by atoms with Gasteiger partial charge in [0.25, 0.3) is 0 Å². The van der Waals surface area contributed by atoms with Crippen LogP contribution in [0, 0.1) is 5.92 Å². The van der Waals surface area contributed by atoms with Crippen LogP contribution in [0.5, 0.6) is 0 Å². The zero-order valence-corrected chi connectivity index (χ0v) is 18.2. The van der Waals surface area contributed by atoms with Gasteiger partial charge in [0, 0.05) is 37.1 Å². The molecule has 2 unspecified atom stereocenters. The molecular weight excluding hydrogens is 382 g/mol. The quantitative estimate of drug-likeness (QED) is 0.324. The van der Waals surface area contributed by atoms with Crippen LogP contribution >= 0.6 is 11.3 Å². The number of thiophene rings is 1. The Balaban J connectivity index is 1.93. The van der Waals surface area contributed by atoms with Crippen molar-refractivity contribution in [3.63, 3.8) is 0 Å². The maximum Gasteiger partial charge on any atom is 0.211 e. The normalized spacial score (nSPS) is 22.0. The van der Waals surface area contributed by atoms with Crippen molar-refractivity contribution in [3.8, 4) is 0 Å². The van der Waals surface area contributed by atoms with Crippen LogP contribution in [0.15, 0.2) is 22.5 Å². The van der Waals surface area contributed by atoms with E-state index in [1.54, 1.807) is 6.92 Å². The summed E-state index contributed by atoms with van der Waals surface area (Å²) < 4.78 is 25.6. The summed E-state index contributed by atoms with van der Waals surface area (Å²) in [6.45, 7) is 7.16. The number of guanidine groups is 1. The number of nitrogens with zero attached hydrogens (tertiary/aromatic N) is 2. The summed E-state index contributed by atoms with van der Waals surface area (Å²) in [7, 11) is -0.954. The number of piperidine rings is 1. The fraction of sp³-hybridized carbons (Fsp3) is 0.722. The molecule has 1 aliphatic rings. The predicted molar refractivity (Wildman–Crippen MR) is 114 cm³/mol. The first kappa shape index (κ1) is 22.1. The van der Waals surface area contributed by atoms with Gasteiger partial charge in [0.05, 0.1) is 5.75 Å². The first-order chi connectivity index (χ1) is 13.0. The highest BCUT2D eigenvalue weighted by Gasteiger charge is 2.31. The van der Waals surface area contributed by atoms with E-state index in [-0.39, 0.29) is 5.75 Å². The average molecular weight is 416 g/mol. The summed E-state index contributed by atoms with van der Waals surface area (Å²) in [5.41, 5.74) is 0. The monoisotopic (exact) mass is 415 g/mol. The van der Waals surface area contributed by atoms with E-state index >= 15 is 0 Å². The van der Waals surface area contributed by atoms with Crippen LogP contribution in [0.3, 0.4) is 0 Å². The molecule has 0 saturated carbocycles. The second kappa shape index (κ2) is 11.0. The van der Waals surface area contributed by atoms with Crippen LogP contribution < -0.4 is 15.4 Å². The van der Waals surface area contributed by atoms with Crippen LogP contribution in [0.4, 0.5) is 0 Å². The van der Waals surface area contributed by atoms with Crippen LogP contribution in [0.2, 0.25) is 0 Å². The zero-order valence-electron chi connectivity index (χ0n) is 16.6. The Morgan fingerprint density at radius 1 is 1.33 bits per heavy atom. The second-order valence-electron chi connectivity index (χ2n) is 6.79. The first-order valence-electron chi connectivity index (χ1n) is 9.70. The standard InChI is InChI=1S/C18H33N5O2S2/c1-4-19-18(20-10-11-22-27(24,25)5-2)21-14-15-8-6-12-23(3)17(15)16-9-7-13-26-16/h7,9,13,15,17,22H,4-6,8,10-12,14H2,1-3H3,(H2,19,20,21). The smallest absolute Gasteiger partial charge is 0.211 e. The summed E-state index contributed by atoms with van der Waals surface area (Å²) in [6, 6.07) is 4.75. The summed E-state index contributed by atoms with van der Waals surface area (Å²) in [5.74, 6) is 1.32. The van der Waals surface area contributed by atoms with Crippen LogP contribution in [0.1, 0.15) is 37.6 Å². The van der Waals surface area contributed by atoms with E-state index < -0.39 is 10.0 Å². The lowest BCUT2D eigenvalue weighted by Crippen LogP contribution is -2.42. The summed E-state index contributed by atoms with van der Waals surface area (Å²) in [4.78, 5) is 8.63. The lowest BCUT2D eigenvalue weighted by Gasteiger charge is -2.38. The van der Waals surface area contributed by atoms with Crippen molar-refractivity contribution in [2.24, 2.45) is 10.9 Å². The van der Waals surface area contributed by atoms with Gasteiger partial charge < -0.3 is 10.6 Å². The Bertz CT molecular complexity index is 676. The van der Waals surface area contributed by atoms with Gasteiger partial charge in [-0.05, 0) is 57.6 Å². The molecule has 0 amide bonds. The van der Waals surface area contributed by atoms with Gasteiger partial charge in [-0.15, -0.1) is 11.3 Å². The van der Waals surface area contributed by atoms with E-state index in [0.29, 0.717) is 25.0 Å². The maximum absolute atomic E-state index is 11.5. The van der Waals surface area contributed by atoms with Gasteiger partial charge in [0.2, 0.25) is 10.0 Å². The lowest BCUT2D eigenvalue weighted by atomic mass is 9.88. The molecule has 27 heavy (non-hydrogen) atoms. The SMILES string of the molecule is CCNC(=NCC1CCCN(C)C1c1cccs1)NCCNS(=O)(=O)CC. The molecule has 154 valence electrons. The molecule has 1 aliphatic heterocycles. The van der Waals surface area contributed by atoms with Crippen molar-refractivity contribution in [3.05, 3.63) is 22.4 Å². The average Bonchev–Trinajstić information content (AvgIpc) is 3.17. The van der Waals surface area contributed by atoms with Crippen LogP contribution in [0.25, 0.3) is 0 Å². The van der Waals surface area contributed by atoms with Gasteiger partial charge in [-0.1, -0.05) is 6.07 Å². The van der Waals surface area contributed by atoms with Crippen LogP contribution in [-0.4, -0.2) is 64.8 Å². The molecular formula is C18H33N5O2S2. The highest BCUT2D eigenvalue weighted by molar-refractivity contribution is 7.89. The molecule has 2 rings (SSSR count). The van der Waals surface area contributed by atoms with E-state index in [1.165, 1.54) is 17.7 Å². The third-order valence-electron chi connectivity index (χ3n) is 4.79. The van der Waals surface area contributed by atoms with Gasteiger partial charge >= 0.3 is 0 Å². The fourth-order valence-corrected chi connectivity index (χ4v) is 5.00. The Kier molecular flexibility index (Phi) is 9.01. The minimum Gasteiger partial charge on any atom is -0.357 e. The van der Waals surface area contributed by atoms with Crippen molar-refractivity contribution < 1.29 is 8.42 Å². The number of aliphatic imine (C=N–C) groups is 1. The second-order valence-corrected chi connectivity index (χ2v) is 9.86. The zero-order chi connectivity index (χ0) is 19.7. The summed E-state index contributed by atoms with van der Waals surface area (Å²) in [5, 5.41) is 8.60. The highest BCUT2D eigenvalue weighted by atomic mass is 32.2. The first-order valence-corrected chi connectivity index (χ1v) is 12.2. The van der Waals surface area contributed by atoms with E-state index in [0.717, 1.165) is 25.6 Å². The van der Waals surface area contributed by atoms with Crippen LogP contribution in [-0.2, 0) is 10.0 Å². The predicted octanol–water partition coefficient (Wildman–Crippen LogP) is 1.63. The van der Waals surface area contributed by atoms with Crippen molar-refractivity contribution in [1.82, 2.24) is 20.3 Å². The number of sulfonamides is 1. The highest BCUT2D eigenvalue weighted by Crippen LogP contribution is 2.37. The van der Waals surface area contributed by atoms with Gasteiger partial charge in [-0.2, -0.15) is 0 Å². The molecule has 1 saturated heterocycles. The minimum atomic E-state index is -3.15. The van der Waals surface area contributed by atoms with Gasteiger partial charge in [0.1, 0.15) is 0 Å². The topological polar surface area (TPSA) is 85.8 Å². The molecule has 0 bridgehead atoms. The number of hydrogen-bond donors (Lipinski definition) is 3. The third kappa shape index (κ3) is 7.06. The van der Waals surface area contributed by atoms with Crippen molar-refractivity contribution in [2.45, 2.75) is 32.7 Å². The molecule has 1 aromatic heterocycles. The van der Waals surface area contributed by atoms with Crippen molar-refractivity contribution in [2.75, 3.05) is 45.5 Å². The number of likely N-dealkylation sites (tertiary alicyclic amines) is 1. The largest absolute Gasteiger partial charge is 0.357 e. The van der Waals surface area contributed by atoms with Gasteiger partial charge in [0.15, 0.2) is 5.96 Å². The molecule has 3 N–H and O–H groups in total. The maximum atomic E-state index is 11.5. The molecule has 7 nitrogen and oxygen atoms in total. The molecule has 9 heteroatoms. The molecule has 0 aliphatic carbocycles. The van der Waals surface area contributed by atoms with E-state index in [1.807, 2.05) is 18.3 Å². The Morgan fingerprint density at radius 3 is 2.81 bits per heavy atom. The third-order valence-corrected chi connectivity index (χ3v) is 7.14.